The highest BCUT2D eigenvalue weighted by atomic mass is 35.5. The van der Waals surface area contributed by atoms with Crippen LogP contribution in [0.3, 0.4) is 0 Å². The Morgan fingerprint density at radius 2 is 2.05 bits per heavy atom. The van der Waals surface area contributed by atoms with Crippen molar-refractivity contribution in [2.75, 3.05) is 6.54 Å². The van der Waals surface area contributed by atoms with Gasteiger partial charge in [0.25, 0.3) is 0 Å². The molecule has 106 valence electrons. The molecular weight excluding hydrogens is 285 g/mol. The van der Waals surface area contributed by atoms with Crippen molar-refractivity contribution in [1.29, 1.82) is 0 Å². The van der Waals surface area contributed by atoms with Crippen LogP contribution in [0.15, 0.2) is 12.3 Å². The van der Waals surface area contributed by atoms with E-state index in [9.17, 15) is 18.0 Å². The van der Waals surface area contributed by atoms with Gasteiger partial charge >= 0.3 is 12.3 Å². The van der Waals surface area contributed by atoms with Gasteiger partial charge in [0.05, 0.1) is 16.3 Å². The number of hydrogen-bond donors (Lipinski definition) is 2. The van der Waals surface area contributed by atoms with Gasteiger partial charge in [-0.05, 0) is 6.07 Å². The van der Waals surface area contributed by atoms with Gasteiger partial charge in [-0.25, -0.2) is 4.79 Å². The van der Waals surface area contributed by atoms with Crippen LogP contribution >= 0.6 is 11.6 Å². The molecule has 0 fully saturated rings. The van der Waals surface area contributed by atoms with Crippen LogP contribution in [0, 0.1) is 0 Å². The largest absolute Gasteiger partial charge is 0.465 e. The smallest absolute Gasteiger partial charge is 0.417 e. The Morgan fingerprint density at radius 1 is 1.47 bits per heavy atom. The molecule has 0 aliphatic rings. The van der Waals surface area contributed by atoms with Gasteiger partial charge in [-0.15, -0.1) is 0 Å². The third kappa shape index (κ3) is 3.99. The summed E-state index contributed by atoms with van der Waals surface area (Å²) in [4.78, 5) is 14.1. The fourth-order valence-corrected chi connectivity index (χ4v) is 1.89. The summed E-state index contributed by atoms with van der Waals surface area (Å²) < 4.78 is 37.4. The van der Waals surface area contributed by atoms with Crippen LogP contribution in [0.4, 0.5) is 18.0 Å². The van der Waals surface area contributed by atoms with Crippen LogP contribution in [0.1, 0.15) is 25.1 Å². The number of hydrogen-bond acceptors (Lipinski definition) is 2. The SMILES string of the molecule is CC(C)(CNC(=O)O)c1ncc(C(F)(F)F)cc1Cl. The fraction of sp³-hybridized carbons (Fsp3) is 0.455. The molecular formula is C11H12ClF3N2O2. The van der Waals surface area contributed by atoms with Crippen molar-refractivity contribution < 1.29 is 23.1 Å². The first-order valence-corrected chi connectivity index (χ1v) is 5.62. The van der Waals surface area contributed by atoms with Gasteiger partial charge in [-0.3, -0.25) is 4.98 Å². The maximum atomic E-state index is 12.5. The Morgan fingerprint density at radius 3 is 2.47 bits per heavy atom. The van der Waals surface area contributed by atoms with Gasteiger partial charge in [0, 0.05) is 18.2 Å². The molecule has 0 saturated heterocycles. The molecule has 8 heteroatoms. The van der Waals surface area contributed by atoms with E-state index in [-0.39, 0.29) is 17.3 Å². The van der Waals surface area contributed by atoms with E-state index >= 15 is 0 Å². The first-order valence-electron chi connectivity index (χ1n) is 5.24. The Labute approximate surface area is 112 Å². The molecule has 1 heterocycles. The molecule has 19 heavy (non-hydrogen) atoms. The minimum atomic E-state index is -4.52. The molecule has 4 nitrogen and oxygen atoms in total. The quantitative estimate of drug-likeness (QED) is 0.899. The van der Waals surface area contributed by atoms with Crippen molar-refractivity contribution >= 4 is 17.7 Å². The maximum absolute atomic E-state index is 12.5. The van der Waals surface area contributed by atoms with Crippen molar-refractivity contribution in [1.82, 2.24) is 10.3 Å². The zero-order chi connectivity index (χ0) is 14.8. The molecule has 0 radical (unpaired) electrons. The van der Waals surface area contributed by atoms with Gasteiger partial charge in [-0.2, -0.15) is 13.2 Å². The third-order valence-electron chi connectivity index (χ3n) is 2.49. The fourth-order valence-electron chi connectivity index (χ4n) is 1.47. The number of carbonyl (C=O) groups is 1. The van der Waals surface area contributed by atoms with E-state index in [1.54, 1.807) is 13.8 Å². The van der Waals surface area contributed by atoms with E-state index in [0.717, 1.165) is 6.07 Å². The number of halogens is 4. The van der Waals surface area contributed by atoms with Crippen LogP contribution < -0.4 is 5.32 Å². The first-order chi connectivity index (χ1) is 8.54. The predicted molar refractivity (Wildman–Crippen MR) is 63.3 cm³/mol. The van der Waals surface area contributed by atoms with Crippen LogP contribution in [-0.4, -0.2) is 22.7 Å². The second kappa shape index (κ2) is 5.24. The molecule has 0 aliphatic heterocycles. The number of nitrogens with zero attached hydrogens (tertiary/aromatic N) is 1. The van der Waals surface area contributed by atoms with Crippen LogP contribution in [0.2, 0.25) is 5.02 Å². The van der Waals surface area contributed by atoms with E-state index < -0.39 is 23.2 Å². The van der Waals surface area contributed by atoms with Crippen molar-refractivity contribution in [3.63, 3.8) is 0 Å². The van der Waals surface area contributed by atoms with E-state index in [1.165, 1.54) is 0 Å². The molecule has 2 N–H and O–H groups in total. The van der Waals surface area contributed by atoms with E-state index in [1.807, 2.05) is 0 Å². The number of aromatic nitrogens is 1. The lowest BCUT2D eigenvalue weighted by Gasteiger charge is -2.25. The summed E-state index contributed by atoms with van der Waals surface area (Å²) in [6.07, 6.45) is -5.06. The van der Waals surface area contributed by atoms with E-state index in [2.05, 4.69) is 10.3 Å². The molecule has 1 aromatic heterocycles. The molecule has 0 aliphatic carbocycles. The van der Waals surface area contributed by atoms with Gasteiger partial charge < -0.3 is 10.4 Å². The molecule has 0 unspecified atom stereocenters. The number of amides is 1. The molecule has 0 spiro atoms. The molecule has 0 atom stereocenters. The Bertz CT molecular complexity index is 489. The number of pyridine rings is 1. The van der Waals surface area contributed by atoms with Crippen molar-refractivity contribution in [3.05, 3.63) is 28.5 Å². The van der Waals surface area contributed by atoms with Crippen LogP contribution in [0.5, 0.6) is 0 Å². The van der Waals surface area contributed by atoms with Gasteiger partial charge in [-0.1, -0.05) is 25.4 Å². The summed E-state index contributed by atoms with van der Waals surface area (Å²) in [7, 11) is 0. The monoisotopic (exact) mass is 296 g/mol. The second-order valence-corrected chi connectivity index (χ2v) is 5.00. The summed E-state index contributed by atoms with van der Waals surface area (Å²) in [5.74, 6) is 0. The van der Waals surface area contributed by atoms with Gasteiger partial charge in [0.15, 0.2) is 0 Å². The average Bonchev–Trinajstić information content (AvgIpc) is 2.25. The molecule has 1 rings (SSSR count). The average molecular weight is 297 g/mol. The lowest BCUT2D eigenvalue weighted by molar-refractivity contribution is -0.137. The highest BCUT2D eigenvalue weighted by Gasteiger charge is 2.33. The number of rotatable bonds is 3. The van der Waals surface area contributed by atoms with Gasteiger partial charge in [0.2, 0.25) is 0 Å². The zero-order valence-electron chi connectivity index (χ0n) is 10.2. The Hall–Kier alpha value is -1.50. The number of carboxylic acid groups (broad SMARTS) is 1. The van der Waals surface area contributed by atoms with Crippen LogP contribution in [0.25, 0.3) is 0 Å². The summed E-state index contributed by atoms with van der Waals surface area (Å²) in [5.41, 5.74) is -1.56. The molecule has 0 saturated carbocycles. The van der Waals surface area contributed by atoms with E-state index in [4.69, 9.17) is 16.7 Å². The maximum Gasteiger partial charge on any atom is 0.417 e. The van der Waals surface area contributed by atoms with Crippen molar-refractivity contribution in [3.8, 4) is 0 Å². The van der Waals surface area contributed by atoms with Crippen molar-refractivity contribution in [2.24, 2.45) is 0 Å². The van der Waals surface area contributed by atoms with Gasteiger partial charge in [0.1, 0.15) is 0 Å². The zero-order valence-corrected chi connectivity index (χ0v) is 10.9. The number of nitrogens with one attached hydrogen (secondary N) is 1. The summed E-state index contributed by atoms with van der Waals surface area (Å²) in [5, 5.41) is 10.5. The normalized spacial score (nSPS) is 12.3. The summed E-state index contributed by atoms with van der Waals surface area (Å²) >= 11 is 5.80. The highest BCUT2D eigenvalue weighted by molar-refractivity contribution is 6.31. The van der Waals surface area contributed by atoms with Crippen LogP contribution in [-0.2, 0) is 11.6 Å². The Balaban J connectivity index is 3.05. The third-order valence-corrected chi connectivity index (χ3v) is 2.78. The second-order valence-electron chi connectivity index (χ2n) is 4.59. The van der Waals surface area contributed by atoms with E-state index in [0.29, 0.717) is 6.20 Å². The molecule has 0 aromatic carbocycles. The lowest BCUT2D eigenvalue weighted by Crippen LogP contribution is -2.36. The standard InChI is InChI=1S/C11H12ClF3N2O2/c1-10(2,5-17-9(18)19)8-7(12)3-6(4-16-8)11(13,14)15/h3-4,17H,5H2,1-2H3,(H,18,19). The summed E-state index contributed by atoms with van der Waals surface area (Å²) in [6, 6.07) is 0.784. The topological polar surface area (TPSA) is 62.2 Å². The molecule has 0 bridgehead atoms. The minimum Gasteiger partial charge on any atom is -0.465 e. The number of alkyl halides is 3. The molecule has 1 amide bonds. The molecule has 1 aromatic rings. The van der Waals surface area contributed by atoms with Crippen molar-refractivity contribution in [2.45, 2.75) is 25.4 Å². The Kier molecular flexibility index (Phi) is 4.29. The first kappa shape index (κ1) is 15.6. The predicted octanol–water partition coefficient (Wildman–Crippen LogP) is 3.30. The minimum absolute atomic E-state index is 0.0135. The highest BCUT2D eigenvalue weighted by Crippen LogP contribution is 2.34. The summed E-state index contributed by atoms with van der Waals surface area (Å²) in [6.45, 7) is 3.25. The lowest BCUT2D eigenvalue weighted by atomic mass is 9.88.